The number of hydrogen-bond donors (Lipinski definition) is 0. The van der Waals surface area contributed by atoms with Crippen molar-refractivity contribution in [1.82, 2.24) is 24.4 Å². The zero-order chi connectivity index (χ0) is 18.2. The summed E-state index contributed by atoms with van der Waals surface area (Å²) in [7, 11) is 0. The van der Waals surface area contributed by atoms with Crippen molar-refractivity contribution in [1.29, 1.82) is 0 Å². The molecule has 0 saturated carbocycles. The first kappa shape index (κ1) is 16.9. The summed E-state index contributed by atoms with van der Waals surface area (Å²) in [5.41, 5.74) is 2.80. The van der Waals surface area contributed by atoms with Crippen LogP contribution < -0.4 is 0 Å². The van der Waals surface area contributed by atoms with Crippen LogP contribution in [0, 0.1) is 5.92 Å². The minimum Gasteiger partial charge on any atom is -0.379 e. The first-order valence-corrected chi connectivity index (χ1v) is 10.1. The highest BCUT2D eigenvalue weighted by Crippen LogP contribution is 2.24. The number of carbonyl (C=O) groups is 1. The van der Waals surface area contributed by atoms with Gasteiger partial charge in [0, 0.05) is 55.4 Å². The summed E-state index contributed by atoms with van der Waals surface area (Å²) in [5.74, 6) is 0.436. The first-order valence-electron chi connectivity index (χ1n) is 9.18. The number of thiophene rings is 1. The van der Waals surface area contributed by atoms with Gasteiger partial charge in [0.2, 0.25) is 0 Å². The van der Waals surface area contributed by atoms with Gasteiger partial charge in [-0.05, 0) is 17.5 Å². The zero-order valence-corrected chi connectivity index (χ0v) is 15.7. The fourth-order valence-corrected chi connectivity index (χ4v) is 4.73. The molecule has 27 heavy (non-hydrogen) atoms. The molecule has 0 N–H and O–H groups in total. The number of nitrogens with zero attached hydrogens (tertiary/aromatic N) is 5. The van der Waals surface area contributed by atoms with Gasteiger partial charge in [-0.3, -0.25) is 9.69 Å². The molecule has 3 aromatic rings. The number of rotatable bonds is 3. The smallest absolute Gasteiger partial charge is 0.255 e. The Labute approximate surface area is 161 Å². The van der Waals surface area contributed by atoms with Crippen molar-refractivity contribution in [3.63, 3.8) is 0 Å². The molecular formula is C19H21N5O2S. The zero-order valence-electron chi connectivity index (χ0n) is 14.9. The van der Waals surface area contributed by atoms with Crippen molar-refractivity contribution in [2.24, 2.45) is 5.92 Å². The first-order chi connectivity index (χ1) is 13.3. The molecular weight excluding hydrogens is 362 g/mol. The highest BCUT2D eigenvalue weighted by Gasteiger charge is 2.36. The molecule has 8 heteroatoms. The predicted molar refractivity (Wildman–Crippen MR) is 102 cm³/mol. The molecule has 140 valence electrons. The van der Waals surface area contributed by atoms with Gasteiger partial charge in [-0.2, -0.15) is 16.4 Å². The van der Waals surface area contributed by atoms with E-state index >= 15 is 0 Å². The van der Waals surface area contributed by atoms with Crippen LogP contribution in [0.2, 0.25) is 0 Å². The van der Waals surface area contributed by atoms with E-state index in [-0.39, 0.29) is 11.9 Å². The maximum Gasteiger partial charge on any atom is 0.255 e. The Kier molecular flexibility index (Phi) is 4.39. The van der Waals surface area contributed by atoms with Crippen LogP contribution in [0.5, 0.6) is 0 Å². The molecule has 0 spiro atoms. The molecule has 3 aromatic heterocycles. The lowest BCUT2D eigenvalue weighted by atomic mass is 10.1. The van der Waals surface area contributed by atoms with Gasteiger partial charge < -0.3 is 9.64 Å². The van der Waals surface area contributed by atoms with E-state index in [2.05, 4.69) is 15.0 Å². The second-order valence-electron chi connectivity index (χ2n) is 7.28. The number of fused-ring (bicyclic) bond motifs is 4. The van der Waals surface area contributed by atoms with E-state index in [1.807, 2.05) is 44.7 Å². The SMILES string of the molecule is O=C(c1ccsc1)N1C[C@H]2COC[C@@H]1CN(Cc1cnn3cccnc13)C2. The Balaban J connectivity index is 1.38. The van der Waals surface area contributed by atoms with Crippen molar-refractivity contribution in [3.05, 3.63) is 52.6 Å². The third kappa shape index (κ3) is 3.24. The lowest BCUT2D eigenvalue weighted by molar-refractivity contribution is 0.0425. The van der Waals surface area contributed by atoms with Gasteiger partial charge in [-0.15, -0.1) is 0 Å². The topological polar surface area (TPSA) is 63.0 Å². The van der Waals surface area contributed by atoms with Crippen molar-refractivity contribution in [3.8, 4) is 0 Å². The summed E-state index contributed by atoms with van der Waals surface area (Å²) in [6.07, 6.45) is 5.61. The normalized spacial score (nSPS) is 23.5. The second kappa shape index (κ2) is 7.03. The molecule has 2 atom stereocenters. The van der Waals surface area contributed by atoms with Crippen molar-refractivity contribution < 1.29 is 9.53 Å². The van der Waals surface area contributed by atoms with Crippen molar-refractivity contribution in [2.75, 3.05) is 32.8 Å². The third-order valence-electron chi connectivity index (χ3n) is 5.32. The van der Waals surface area contributed by atoms with Crippen LogP contribution in [0.3, 0.4) is 0 Å². The Hall–Kier alpha value is -2.29. The van der Waals surface area contributed by atoms with E-state index in [1.165, 1.54) is 0 Å². The van der Waals surface area contributed by atoms with Gasteiger partial charge >= 0.3 is 0 Å². The molecule has 2 saturated heterocycles. The number of aromatic nitrogens is 3. The Bertz CT molecular complexity index is 941. The van der Waals surface area contributed by atoms with E-state index in [9.17, 15) is 4.79 Å². The summed E-state index contributed by atoms with van der Waals surface area (Å²) in [6.45, 7) is 4.55. The van der Waals surface area contributed by atoms with E-state index in [4.69, 9.17) is 4.74 Å². The summed E-state index contributed by atoms with van der Waals surface area (Å²) in [5, 5.41) is 8.28. The molecule has 5 heterocycles. The van der Waals surface area contributed by atoms with E-state index in [1.54, 1.807) is 17.5 Å². The van der Waals surface area contributed by atoms with E-state index in [0.29, 0.717) is 19.1 Å². The molecule has 7 nitrogen and oxygen atoms in total. The van der Waals surface area contributed by atoms with Crippen molar-refractivity contribution >= 4 is 22.9 Å². The molecule has 1 amide bonds. The average Bonchev–Trinajstić information content (AvgIpc) is 3.25. The Morgan fingerprint density at radius 2 is 2.26 bits per heavy atom. The van der Waals surface area contributed by atoms with Crippen LogP contribution in [0.4, 0.5) is 0 Å². The second-order valence-corrected chi connectivity index (χ2v) is 8.06. The van der Waals surface area contributed by atoms with Gasteiger partial charge in [-0.1, -0.05) is 0 Å². The average molecular weight is 383 g/mol. The summed E-state index contributed by atoms with van der Waals surface area (Å²) in [4.78, 5) is 21.9. The third-order valence-corrected chi connectivity index (χ3v) is 6.00. The fraction of sp³-hybridized carbons (Fsp3) is 0.421. The van der Waals surface area contributed by atoms with Crippen LogP contribution in [-0.2, 0) is 11.3 Å². The lowest BCUT2D eigenvalue weighted by Crippen LogP contribution is -2.46. The quantitative estimate of drug-likeness (QED) is 0.690. The fourth-order valence-electron chi connectivity index (χ4n) is 4.10. The summed E-state index contributed by atoms with van der Waals surface area (Å²) < 4.78 is 7.68. The largest absolute Gasteiger partial charge is 0.379 e. The Morgan fingerprint density at radius 3 is 3.15 bits per heavy atom. The van der Waals surface area contributed by atoms with E-state index < -0.39 is 0 Å². The maximum absolute atomic E-state index is 13.0. The van der Waals surface area contributed by atoms with Crippen LogP contribution in [0.1, 0.15) is 15.9 Å². The number of hydrogen-bond acceptors (Lipinski definition) is 6. The summed E-state index contributed by atoms with van der Waals surface area (Å²) in [6, 6.07) is 3.86. The van der Waals surface area contributed by atoms with E-state index in [0.717, 1.165) is 43.0 Å². The highest BCUT2D eigenvalue weighted by atomic mass is 32.1. The monoisotopic (exact) mass is 383 g/mol. The standard InChI is InChI=1S/C19H21N5O2S/c25-19(15-2-5-27-13-15)23-8-14-7-22(10-17(23)12-26-11-14)9-16-6-21-24-4-1-3-20-18(16)24/h1-6,13-14,17H,7-12H2/t14-,17-/m0/s1. The Morgan fingerprint density at radius 1 is 1.30 bits per heavy atom. The molecule has 0 aromatic carbocycles. The summed E-state index contributed by atoms with van der Waals surface area (Å²) >= 11 is 1.56. The number of carbonyl (C=O) groups excluding carboxylic acids is 1. The molecule has 0 radical (unpaired) electrons. The molecule has 2 aliphatic heterocycles. The van der Waals surface area contributed by atoms with Gasteiger partial charge in [0.25, 0.3) is 5.91 Å². The number of amides is 1. The maximum atomic E-state index is 13.0. The van der Waals surface area contributed by atoms with Gasteiger partial charge in [-0.25, -0.2) is 9.50 Å². The lowest BCUT2D eigenvalue weighted by Gasteiger charge is -2.31. The van der Waals surface area contributed by atoms with Crippen LogP contribution >= 0.6 is 11.3 Å². The molecule has 2 aliphatic rings. The molecule has 0 aliphatic carbocycles. The minimum atomic E-state index is 0.0692. The molecule has 2 bridgehead atoms. The molecule has 2 fully saturated rings. The minimum absolute atomic E-state index is 0.0692. The molecule has 0 unspecified atom stereocenters. The van der Waals surface area contributed by atoms with Gasteiger partial charge in [0.15, 0.2) is 5.65 Å². The number of ether oxygens (including phenoxy) is 1. The van der Waals surface area contributed by atoms with Crippen LogP contribution in [0.25, 0.3) is 5.65 Å². The van der Waals surface area contributed by atoms with Gasteiger partial charge in [0.05, 0.1) is 31.0 Å². The molecule has 5 rings (SSSR count). The van der Waals surface area contributed by atoms with Crippen molar-refractivity contribution in [2.45, 2.75) is 12.6 Å². The van der Waals surface area contributed by atoms with Crippen LogP contribution in [0.15, 0.2) is 41.5 Å². The van der Waals surface area contributed by atoms with Gasteiger partial charge in [0.1, 0.15) is 0 Å². The van der Waals surface area contributed by atoms with Crippen LogP contribution in [-0.4, -0.2) is 69.2 Å². The predicted octanol–water partition coefficient (Wildman–Crippen LogP) is 1.76. The highest BCUT2D eigenvalue weighted by molar-refractivity contribution is 7.08.